The fraction of sp³-hybridized carbons (Fsp3) is 0.308. The van der Waals surface area contributed by atoms with Crippen LogP contribution in [0.3, 0.4) is 0 Å². The van der Waals surface area contributed by atoms with Gasteiger partial charge in [0.25, 0.3) is 0 Å². The van der Waals surface area contributed by atoms with Gasteiger partial charge in [0.1, 0.15) is 11.1 Å². The molecule has 1 atom stereocenters. The van der Waals surface area contributed by atoms with E-state index in [2.05, 4.69) is 4.74 Å². The molecule has 0 amide bonds. The van der Waals surface area contributed by atoms with Crippen LogP contribution in [0.5, 0.6) is 5.75 Å². The lowest BCUT2D eigenvalue weighted by Crippen LogP contribution is -2.17. The van der Waals surface area contributed by atoms with Crippen LogP contribution in [-0.2, 0) is 4.79 Å². The van der Waals surface area contributed by atoms with E-state index in [0.717, 1.165) is 11.8 Å². The first-order valence-electron chi connectivity index (χ1n) is 5.30. The molecule has 0 aromatic heterocycles. The van der Waals surface area contributed by atoms with Crippen molar-refractivity contribution in [2.45, 2.75) is 19.2 Å². The lowest BCUT2D eigenvalue weighted by Gasteiger charge is -2.20. The minimum Gasteiger partial charge on any atom is -0.406 e. The van der Waals surface area contributed by atoms with E-state index in [4.69, 9.17) is 0 Å². The average Bonchev–Trinajstić information content (AvgIpc) is 2.70. The van der Waals surface area contributed by atoms with Crippen molar-refractivity contribution in [3.05, 3.63) is 40.9 Å². The minimum atomic E-state index is -4.69. The largest absolute Gasteiger partial charge is 0.573 e. The number of thioether (sulfide) groups is 1. The smallest absolute Gasteiger partial charge is 0.406 e. The maximum absolute atomic E-state index is 12.0. The Balaban J connectivity index is 0.00000200. The van der Waals surface area contributed by atoms with Crippen LogP contribution in [0.15, 0.2) is 35.4 Å². The maximum Gasteiger partial charge on any atom is 0.573 e. The van der Waals surface area contributed by atoms with Crippen LogP contribution >= 0.6 is 11.8 Å². The molecule has 7 heteroatoms. The third-order valence-corrected chi connectivity index (χ3v) is 3.77. The van der Waals surface area contributed by atoms with E-state index in [1.54, 1.807) is 25.4 Å². The van der Waals surface area contributed by atoms with Gasteiger partial charge in [-0.1, -0.05) is 31.3 Å². The molecule has 0 spiro atoms. The number of rotatable bonds is 3. The molecular formula is C13H14F3NO2S. The van der Waals surface area contributed by atoms with Crippen LogP contribution in [0.4, 0.5) is 13.2 Å². The van der Waals surface area contributed by atoms with Crippen LogP contribution in [0, 0.1) is 0 Å². The Morgan fingerprint density at radius 1 is 1.30 bits per heavy atom. The van der Waals surface area contributed by atoms with Crippen LogP contribution in [0.1, 0.15) is 18.4 Å². The van der Waals surface area contributed by atoms with Gasteiger partial charge < -0.3 is 9.64 Å². The van der Waals surface area contributed by atoms with Gasteiger partial charge in [-0.15, -0.1) is 13.2 Å². The predicted octanol–water partition coefficient (Wildman–Crippen LogP) is 3.94. The summed E-state index contributed by atoms with van der Waals surface area (Å²) in [5, 5.41) is -0.111. The Morgan fingerprint density at radius 2 is 1.90 bits per heavy atom. The fourth-order valence-corrected chi connectivity index (χ4v) is 2.77. The van der Waals surface area contributed by atoms with E-state index in [1.807, 2.05) is 4.90 Å². The Kier molecular flexibility index (Phi) is 5.10. The monoisotopic (exact) mass is 305 g/mol. The summed E-state index contributed by atoms with van der Waals surface area (Å²) in [6.07, 6.45) is -2.24. The highest BCUT2D eigenvalue weighted by Crippen LogP contribution is 2.42. The molecule has 0 radical (unpaired) electrons. The number of carbonyl (C=O) groups excluding carboxylic acids is 1. The second-order valence-corrected chi connectivity index (χ2v) is 5.06. The fourth-order valence-electron chi connectivity index (χ4n) is 1.71. The number of allylic oxidation sites excluding steroid dienone is 1. The van der Waals surface area contributed by atoms with Crippen molar-refractivity contribution in [1.82, 2.24) is 4.90 Å². The zero-order chi connectivity index (χ0) is 14.0. The lowest BCUT2D eigenvalue weighted by molar-refractivity contribution is -0.274. The summed E-state index contributed by atoms with van der Waals surface area (Å²) in [6, 6.07) is 5.62. The van der Waals surface area contributed by atoms with E-state index < -0.39 is 6.36 Å². The lowest BCUT2D eigenvalue weighted by atomic mass is 10.2. The molecule has 20 heavy (non-hydrogen) atoms. The predicted molar refractivity (Wildman–Crippen MR) is 72.1 cm³/mol. The number of aldehydes is 1. The van der Waals surface area contributed by atoms with Gasteiger partial charge in [-0.05, 0) is 17.7 Å². The van der Waals surface area contributed by atoms with E-state index in [1.165, 1.54) is 23.9 Å². The Bertz CT molecular complexity index is 499. The highest BCUT2D eigenvalue weighted by Gasteiger charge is 2.31. The standard InChI is InChI=1S/C12H10F3NO2S.CH4/c1-16-6-10(7-17)19-11(16)8-2-4-9(5-3-8)18-12(13,14)15;/h2-7,11H,1H3;1H4. The van der Waals surface area contributed by atoms with Crippen molar-refractivity contribution in [1.29, 1.82) is 0 Å². The van der Waals surface area contributed by atoms with Crippen LogP contribution in [0.2, 0.25) is 0 Å². The number of alkyl halides is 3. The van der Waals surface area contributed by atoms with Crippen molar-refractivity contribution in [2.24, 2.45) is 0 Å². The molecule has 2 rings (SSSR count). The first-order valence-corrected chi connectivity index (χ1v) is 6.18. The van der Waals surface area contributed by atoms with Crippen molar-refractivity contribution in [3.63, 3.8) is 0 Å². The Labute approximate surface area is 119 Å². The number of ether oxygens (including phenoxy) is 1. The second-order valence-electron chi connectivity index (χ2n) is 3.90. The molecule has 1 aliphatic heterocycles. The molecule has 1 aromatic rings. The third-order valence-electron chi connectivity index (χ3n) is 2.46. The van der Waals surface area contributed by atoms with Gasteiger partial charge in [-0.3, -0.25) is 4.79 Å². The second kappa shape index (κ2) is 6.21. The summed E-state index contributed by atoms with van der Waals surface area (Å²) in [6.45, 7) is 0. The number of hydrogen-bond acceptors (Lipinski definition) is 4. The average molecular weight is 305 g/mol. The molecule has 1 aliphatic rings. The van der Waals surface area contributed by atoms with E-state index in [0.29, 0.717) is 4.91 Å². The van der Waals surface area contributed by atoms with Gasteiger partial charge in [0.15, 0.2) is 6.29 Å². The van der Waals surface area contributed by atoms with Gasteiger partial charge in [0, 0.05) is 13.2 Å². The van der Waals surface area contributed by atoms with Crippen molar-refractivity contribution in [2.75, 3.05) is 7.05 Å². The van der Waals surface area contributed by atoms with Gasteiger partial charge in [0.2, 0.25) is 0 Å². The highest BCUT2D eigenvalue weighted by molar-refractivity contribution is 8.04. The summed E-state index contributed by atoms with van der Waals surface area (Å²) in [5.41, 5.74) is 0.801. The summed E-state index contributed by atoms with van der Waals surface area (Å²) in [7, 11) is 1.80. The topological polar surface area (TPSA) is 29.5 Å². The van der Waals surface area contributed by atoms with E-state index in [9.17, 15) is 18.0 Å². The highest BCUT2D eigenvalue weighted by atomic mass is 32.2. The molecule has 0 saturated carbocycles. The SMILES string of the molecule is C.CN1C=C(C=O)SC1c1ccc(OC(F)(F)F)cc1. The molecule has 3 nitrogen and oxygen atoms in total. The van der Waals surface area contributed by atoms with Crippen LogP contribution < -0.4 is 4.74 Å². The summed E-state index contributed by atoms with van der Waals surface area (Å²) >= 11 is 1.35. The van der Waals surface area contributed by atoms with Crippen molar-refractivity contribution < 1.29 is 22.7 Å². The van der Waals surface area contributed by atoms with Crippen molar-refractivity contribution in [3.8, 4) is 5.75 Å². The zero-order valence-electron chi connectivity index (χ0n) is 9.85. The Morgan fingerprint density at radius 3 is 2.35 bits per heavy atom. The first-order chi connectivity index (χ1) is 8.89. The summed E-state index contributed by atoms with van der Waals surface area (Å²) in [4.78, 5) is 13.1. The number of hydrogen-bond donors (Lipinski definition) is 0. The van der Waals surface area contributed by atoms with E-state index >= 15 is 0 Å². The van der Waals surface area contributed by atoms with Gasteiger partial charge in [0.05, 0.1) is 4.91 Å². The number of nitrogens with zero attached hydrogens (tertiary/aromatic N) is 1. The summed E-state index contributed by atoms with van der Waals surface area (Å²) in [5.74, 6) is -0.259. The molecule has 1 unspecified atom stereocenters. The van der Waals surface area contributed by atoms with Crippen molar-refractivity contribution >= 4 is 18.0 Å². The zero-order valence-corrected chi connectivity index (χ0v) is 10.7. The molecule has 1 aromatic carbocycles. The third kappa shape index (κ3) is 3.93. The Hall–Kier alpha value is -1.63. The molecule has 0 aliphatic carbocycles. The molecular weight excluding hydrogens is 291 g/mol. The molecule has 0 saturated heterocycles. The number of halogens is 3. The molecule has 0 N–H and O–H groups in total. The summed E-state index contributed by atoms with van der Waals surface area (Å²) < 4.78 is 39.9. The molecule has 1 heterocycles. The van der Waals surface area contributed by atoms with Gasteiger partial charge in [-0.2, -0.15) is 0 Å². The van der Waals surface area contributed by atoms with Gasteiger partial charge in [-0.25, -0.2) is 0 Å². The maximum atomic E-state index is 12.0. The minimum absolute atomic E-state index is 0. The normalized spacial score (nSPS) is 18.3. The van der Waals surface area contributed by atoms with Crippen LogP contribution in [0.25, 0.3) is 0 Å². The molecule has 0 fully saturated rings. The quantitative estimate of drug-likeness (QED) is 0.791. The molecule has 110 valence electrons. The first kappa shape index (κ1) is 16.4. The number of benzene rings is 1. The van der Waals surface area contributed by atoms with E-state index in [-0.39, 0.29) is 18.6 Å². The van der Waals surface area contributed by atoms with Gasteiger partial charge >= 0.3 is 6.36 Å². The molecule has 0 bridgehead atoms. The number of carbonyl (C=O) groups is 1. The van der Waals surface area contributed by atoms with Crippen LogP contribution in [-0.4, -0.2) is 24.6 Å².